The molecule has 1 aromatic carbocycles. The van der Waals surface area contributed by atoms with Gasteiger partial charge in [-0.15, -0.1) is 0 Å². The molecule has 0 bridgehead atoms. The molecule has 3 nitrogen and oxygen atoms in total. The maximum atomic E-state index is 12.9. The van der Waals surface area contributed by atoms with Crippen LogP contribution in [0, 0.1) is 5.82 Å². The van der Waals surface area contributed by atoms with Crippen molar-refractivity contribution in [2.24, 2.45) is 5.73 Å². The molecule has 0 fully saturated rings. The molecule has 5 heteroatoms. The minimum atomic E-state index is -0.571. The number of halogens is 2. The molecule has 0 aliphatic rings. The summed E-state index contributed by atoms with van der Waals surface area (Å²) in [5.74, 6) is -0.732. The first-order chi connectivity index (χ1) is 7.41. The molecule has 16 heavy (non-hydrogen) atoms. The number of nitrogens with two attached hydrogens (primary N) is 1. The maximum absolute atomic E-state index is 12.9. The second-order valence-corrected chi connectivity index (χ2v) is 4.10. The van der Waals surface area contributed by atoms with E-state index in [1.54, 1.807) is 19.9 Å². The molecule has 0 aromatic heterocycles. The monoisotopic (exact) mass is 244 g/mol. The van der Waals surface area contributed by atoms with Gasteiger partial charge in [-0.25, -0.2) is 4.39 Å². The van der Waals surface area contributed by atoms with Gasteiger partial charge in [-0.3, -0.25) is 4.79 Å². The highest BCUT2D eigenvalue weighted by atomic mass is 35.5. The summed E-state index contributed by atoms with van der Waals surface area (Å²) >= 11 is 5.64. The van der Waals surface area contributed by atoms with Crippen LogP contribution in [0.1, 0.15) is 25.5 Å². The second-order valence-electron chi connectivity index (χ2n) is 3.69. The predicted octanol–water partition coefficient (Wildman–Crippen LogP) is 2.00. The van der Waals surface area contributed by atoms with E-state index in [9.17, 15) is 9.18 Å². The average Bonchev–Trinajstić information content (AvgIpc) is 2.21. The topological polar surface area (TPSA) is 55.1 Å². The van der Waals surface area contributed by atoms with Crippen LogP contribution in [0.25, 0.3) is 0 Å². The third-order valence-electron chi connectivity index (χ3n) is 2.22. The van der Waals surface area contributed by atoms with Crippen LogP contribution < -0.4 is 11.1 Å². The fraction of sp³-hybridized carbons (Fsp3) is 0.364. The summed E-state index contributed by atoms with van der Waals surface area (Å²) in [5, 5.41) is 2.74. The Kier molecular flexibility index (Phi) is 4.26. The quantitative estimate of drug-likeness (QED) is 0.855. The molecule has 1 unspecified atom stereocenters. The molecule has 1 aromatic rings. The van der Waals surface area contributed by atoms with E-state index >= 15 is 0 Å². The molecule has 2 atom stereocenters. The summed E-state index contributed by atoms with van der Waals surface area (Å²) in [5.41, 5.74) is 6.15. The summed E-state index contributed by atoms with van der Waals surface area (Å²) in [6, 6.07) is 3.51. The van der Waals surface area contributed by atoms with E-state index in [4.69, 9.17) is 17.3 Å². The van der Waals surface area contributed by atoms with Crippen LogP contribution in [0.3, 0.4) is 0 Å². The lowest BCUT2D eigenvalue weighted by Gasteiger charge is -2.16. The molecule has 0 heterocycles. The van der Waals surface area contributed by atoms with Crippen molar-refractivity contribution in [1.82, 2.24) is 5.32 Å². The van der Waals surface area contributed by atoms with Crippen molar-refractivity contribution >= 4 is 17.5 Å². The third kappa shape index (κ3) is 3.18. The number of rotatable bonds is 3. The van der Waals surface area contributed by atoms with Crippen LogP contribution >= 0.6 is 11.6 Å². The number of hydrogen-bond acceptors (Lipinski definition) is 2. The minimum Gasteiger partial charge on any atom is -0.348 e. The van der Waals surface area contributed by atoms with E-state index < -0.39 is 11.9 Å². The molecular formula is C11H14ClFN2O. The Hall–Kier alpha value is -1.13. The van der Waals surface area contributed by atoms with Gasteiger partial charge in [0, 0.05) is 0 Å². The Morgan fingerprint density at radius 3 is 2.62 bits per heavy atom. The van der Waals surface area contributed by atoms with Gasteiger partial charge in [-0.1, -0.05) is 17.7 Å². The molecule has 0 aliphatic heterocycles. The van der Waals surface area contributed by atoms with Crippen LogP contribution in [-0.4, -0.2) is 11.9 Å². The van der Waals surface area contributed by atoms with E-state index in [0.717, 1.165) is 5.56 Å². The van der Waals surface area contributed by atoms with Crippen molar-refractivity contribution in [3.8, 4) is 0 Å². The van der Waals surface area contributed by atoms with Gasteiger partial charge < -0.3 is 11.1 Å². The van der Waals surface area contributed by atoms with E-state index in [0.29, 0.717) is 0 Å². The van der Waals surface area contributed by atoms with Crippen molar-refractivity contribution in [3.63, 3.8) is 0 Å². The highest BCUT2D eigenvalue weighted by Gasteiger charge is 2.13. The summed E-state index contributed by atoms with van der Waals surface area (Å²) in [4.78, 5) is 11.3. The second kappa shape index (κ2) is 5.27. The lowest BCUT2D eigenvalue weighted by atomic mass is 10.1. The largest absolute Gasteiger partial charge is 0.348 e. The third-order valence-corrected chi connectivity index (χ3v) is 2.51. The highest BCUT2D eigenvalue weighted by Crippen LogP contribution is 2.20. The Labute approximate surface area is 98.8 Å². The Morgan fingerprint density at radius 2 is 2.12 bits per heavy atom. The van der Waals surface area contributed by atoms with Gasteiger partial charge >= 0.3 is 0 Å². The molecular weight excluding hydrogens is 231 g/mol. The molecule has 0 saturated heterocycles. The molecule has 1 amide bonds. The summed E-state index contributed by atoms with van der Waals surface area (Å²) in [7, 11) is 0. The standard InChI is InChI=1S/C11H14ClFN2O/c1-6(14)11(16)15-7(2)8-3-4-10(13)9(12)5-8/h3-7H,14H2,1-2H3,(H,15,16)/t6-,7?/m0/s1. The van der Waals surface area contributed by atoms with Crippen LogP contribution in [0.4, 0.5) is 4.39 Å². The molecule has 1 rings (SSSR count). The normalized spacial score (nSPS) is 14.3. The average molecular weight is 245 g/mol. The van der Waals surface area contributed by atoms with Crippen molar-refractivity contribution in [2.75, 3.05) is 0 Å². The molecule has 0 aliphatic carbocycles. The summed E-state index contributed by atoms with van der Waals surface area (Å²) < 4.78 is 12.9. The lowest BCUT2D eigenvalue weighted by Crippen LogP contribution is -2.39. The Morgan fingerprint density at radius 1 is 1.50 bits per heavy atom. The SMILES string of the molecule is CC(NC(=O)[C@H](C)N)c1ccc(F)c(Cl)c1. The van der Waals surface area contributed by atoms with Gasteiger partial charge in [0.1, 0.15) is 5.82 Å². The Bertz CT molecular complexity index is 396. The molecule has 0 saturated carbocycles. The number of nitrogens with one attached hydrogen (secondary N) is 1. The van der Waals surface area contributed by atoms with Crippen molar-refractivity contribution in [3.05, 3.63) is 34.6 Å². The fourth-order valence-corrected chi connectivity index (χ4v) is 1.40. The minimum absolute atomic E-state index is 0.0411. The first-order valence-electron chi connectivity index (χ1n) is 4.92. The zero-order valence-corrected chi connectivity index (χ0v) is 9.88. The van der Waals surface area contributed by atoms with Crippen molar-refractivity contribution < 1.29 is 9.18 Å². The maximum Gasteiger partial charge on any atom is 0.237 e. The molecule has 88 valence electrons. The Balaban J connectivity index is 2.77. The number of carbonyl (C=O) groups is 1. The fourth-order valence-electron chi connectivity index (χ4n) is 1.21. The van der Waals surface area contributed by atoms with Gasteiger partial charge in [0.05, 0.1) is 17.1 Å². The smallest absolute Gasteiger partial charge is 0.237 e. The summed E-state index contributed by atoms with van der Waals surface area (Å²) in [6.45, 7) is 3.38. The van der Waals surface area contributed by atoms with E-state index in [1.807, 2.05) is 0 Å². The zero-order valence-electron chi connectivity index (χ0n) is 9.13. The van der Waals surface area contributed by atoms with Crippen LogP contribution in [-0.2, 0) is 4.79 Å². The number of hydrogen-bond donors (Lipinski definition) is 2. The van der Waals surface area contributed by atoms with Crippen LogP contribution in [0.2, 0.25) is 5.02 Å². The predicted molar refractivity (Wildman–Crippen MR) is 61.6 cm³/mol. The van der Waals surface area contributed by atoms with Crippen molar-refractivity contribution in [1.29, 1.82) is 0 Å². The van der Waals surface area contributed by atoms with E-state index in [-0.39, 0.29) is 17.0 Å². The summed E-state index contributed by atoms with van der Waals surface area (Å²) in [6.07, 6.45) is 0. The number of carbonyl (C=O) groups excluding carboxylic acids is 1. The number of benzene rings is 1. The lowest BCUT2D eigenvalue weighted by molar-refractivity contribution is -0.122. The first kappa shape index (κ1) is 12.9. The van der Waals surface area contributed by atoms with Gasteiger partial charge in [0.15, 0.2) is 0 Å². The highest BCUT2D eigenvalue weighted by molar-refractivity contribution is 6.30. The van der Waals surface area contributed by atoms with E-state index in [2.05, 4.69) is 5.32 Å². The van der Waals surface area contributed by atoms with Crippen molar-refractivity contribution in [2.45, 2.75) is 25.9 Å². The van der Waals surface area contributed by atoms with Gasteiger partial charge in [0.25, 0.3) is 0 Å². The molecule has 0 radical (unpaired) electrons. The molecule has 3 N–H and O–H groups in total. The van der Waals surface area contributed by atoms with Crippen LogP contribution in [0.5, 0.6) is 0 Å². The first-order valence-corrected chi connectivity index (χ1v) is 5.30. The molecule has 0 spiro atoms. The van der Waals surface area contributed by atoms with Gasteiger partial charge in [0.2, 0.25) is 5.91 Å². The van der Waals surface area contributed by atoms with Crippen LogP contribution in [0.15, 0.2) is 18.2 Å². The number of amides is 1. The van der Waals surface area contributed by atoms with E-state index in [1.165, 1.54) is 12.1 Å². The van der Waals surface area contributed by atoms with Gasteiger partial charge in [-0.2, -0.15) is 0 Å². The zero-order chi connectivity index (χ0) is 12.3. The van der Waals surface area contributed by atoms with Gasteiger partial charge in [-0.05, 0) is 31.5 Å².